The third-order valence-electron chi connectivity index (χ3n) is 1.61. The summed E-state index contributed by atoms with van der Waals surface area (Å²) in [5.41, 5.74) is 1.03. The molecule has 0 spiro atoms. The lowest BCUT2D eigenvalue weighted by Gasteiger charge is -2.00. The third-order valence-corrected chi connectivity index (χ3v) is 1.61. The minimum atomic E-state index is 0.181. The SMILES string of the molecule is CCC.COc1ccc(CC(C)=O)cc1. The van der Waals surface area contributed by atoms with Gasteiger partial charge in [-0.2, -0.15) is 0 Å². The molecule has 1 aromatic carbocycles. The van der Waals surface area contributed by atoms with Gasteiger partial charge in [-0.3, -0.25) is 4.79 Å². The van der Waals surface area contributed by atoms with Crippen LogP contribution >= 0.6 is 0 Å². The van der Waals surface area contributed by atoms with Crippen LogP contribution in [0.1, 0.15) is 32.8 Å². The molecule has 2 nitrogen and oxygen atoms in total. The summed E-state index contributed by atoms with van der Waals surface area (Å²) in [4.78, 5) is 10.7. The van der Waals surface area contributed by atoms with Crippen LogP contribution < -0.4 is 4.74 Å². The molecule has 0 amide bonds. The molecule has 84 valence electrons. The molecule has 0 atom stereocenters. The van der Waals surface area contributed by atoms with E-state index in [9.17, 15) is 4.79 Å². The van der Waals surface area contributed by atoms with Crippen LogP contribution in [-0.2, 0) is 11.2 Å². The second-order valence-electron chi connectivity index (χ2n) is 3.43. The Morgan fingerprint density at radius 1 is 1.20 bits per heavy atom. The molecule has 1 rings (SSSR count). The van der Waals surface area contributed by atoms with Gasteiger partial charge in [0.2, 0.25) is 0 Å². The van der Waals surface area contributed by atoms with Crippen LogP contribution in [0.15, 0.2) is 24.3 Å². The minimum Gasteiger partial charge on any atom is -0.497 e. The zero-order valence-corrected chi connectivity index (χ0v) is 10.0. The standard InChI is InChI=1S/C10H12O2.C3H8/c1-8(11)7-9-3-5-10(12-2)6-4-9;1-3-2/h3-6H,7H2,1-2H3;3H2,1-2H3. The molecule has 0 aliphatic heterocycles. The number of rotatable bonds is 3. The molecule has 0 aliphatic carbocycles. The molecular formula is C13H20O2. The molecule has 0 radical (unpaired) electrons. The van der Waals surface area contributed by atoms with E-state index in [2.05, 4.69) is 13.8 Å². The first-order valence-corrected chi connectivity index (χ1v) is 5.26. The van der Waals surface area contributed by atoms with Gasteiger partial charge in [0, 0.05) is 6.42 Å². The number of ketones is 1. The van der Waals surface area contributed by atoms with Gasteiger partial charge in [0.1, 0.15) is 11.5 Å². The average Bonchev–Trinajstić information content (AvgIpc) is 2.19. The van der Waals surface area contributed by atoms with Crippen molar-refractivity contribution in [1.82, 2.24) is 0 Å². The molecule has 0 aliphatic rings. The van der Waals surface area contributed by atoms with Crippen molar-refractivity contribution in [3.63, 3.8) is 0 Å². The summed E-state index contributed by atoms with van der Waals surface area (Å²) in [6, 6.07) is 7.52. The first-order valence-electron chi connectivity index (χ1n) is 5.26. The summed E-state index contributed by atoms with van der Waals surface area (Å²) in [5.74, 6) is 1.00. The van der Waals surface area contributed by atoms with Crippen molar-refractivity contribution < 1.29 is 9.53 Å². The first kappa shape index (κ1) is 13.7. The molecule has 0 heterocycles. The van der Waals surface area contributed by atoms with E-state index in [-0.39, 0.29) is 5.78 Å². The Bertz CT molecular complexity index is 275. The van der Waals surface area contributed by atoms with E-state index in [1.54, 1.807) is 14.0 Å². The number of benzene rings is 1. The Kier molecular flexibility index (Phi) is 7.33. The largest absolute Gasteiger partial charge is 0.497 e. The normalized spacial score (nSPS) is 8.80. The number of hydrogen-bond acceptors (Lipinski definition) is 2. The van der Waals surface area contributed by atoms with E-state index in [1.165, 1.54) is 6.42 Å². The summed E-state index contributed by atoms with van der Waals surface area (Å²) >= 11 is 0. The predicted octanol–water partition coefficient (Wildman–Crippen LogP) is 3.24. The van der Waals surface area contributed by atoms with Crippen LogP contribution in [0.25, 0.3) is 0 Å². The maximum Gasteiger partial charge on any atom is 0.134 e. The number of hydrogen-bond donors (Lipinski definition) is 0. The smallest absolute Gasteiger partial charge is 0.134 e. The molecule has 0 saturated heterocycles. The Balaban J connectivity index is 0.000000583. The lowest BCUT2D eigenvalue weighted by Crippen LogP contribution is -1.95. The van der Waals surface area contributed by atoms with Gasteiger partial charge in [-0.1, -0.05) is 32.4 Å². The monoisotopic (exact) mass is 208 g/mol. The van der Waals surface area contributed by atoms with Crippen LogP contribution in [0, 0.1) is 0 Å². The molecule has 0 saturated carbocycles. The van der Waals surface area contributed by atoms with Crippen molar-refractivity contribution in [2.75, 3.05) is 7.11 Å². The lowest BCUT2D eigenvalue weighted by atomic mass is 10.1. The highest BCUT2D eigenvalue weighted by atomic mass is 16.5. The van der Waals surface area contributed by atoms with Crippen molar-refractivity contribution in [3.8, 4) is 5.75 Å². The van der Waals surface area contributed by atoms with Gasteiger partial charge < -0.3 is 4.74 Å². The summed E-state index contributed by atoms with van der Waals surface area (Å²) in [6.45, 7) is 5.84. The molecule has 0 unspecified atom stereocenters. The van der Waals surface area contributed by atoms with Crippen LogP contribution in [-0.4, -0.2) is 12.9 Å². The average molecular weight is 208 g/mol. The van der Waals surface area contributed by atoms with Gasteiger partial charge in [0.15, 0.2) is 0 Å². The maximum absolute atomic E-state index is 10.7. The van der Waals surface area contributed by atoms with Gasteiger partial charge in [0.05, 0.1) is 7.11 Å². The predicted molar refractivity (Wildman–Crippen MR) is 63.3 cm³/mol. The summed E-state index contributed by atoms with van der Waals surface area (Å²) in [7, 11) is 1.62. The zero-order chi connectivity index (χ0) is 11.7. The fraction of sp³-hybridized carbons (Fsp3) is 0.462. The van der Waals surface area contributed by atoms with Crippen molar-refractivity contribution in [3.05, 3.63) is 29.8 Å². The van der Waals surface area contributed by atoms with Gasteiger partial charge in [-0.25, -0.2) is 0 Å². The highest BCUT2D eigenvalue weighted by molar-refractivity contribution is 5.78. The molecule has 2 heteroatoms. The fourth-order valence-corrected chi connectivity index (χ4v) is 1.03. The first-order chi connectivity index (χ1) is 7.13. The number of methoxy groups -OCH3 is 1. The van der Waals surface area contributed by atoms with E-state index in [0.29, 0.717) is 6.42 Å². The quantitative estimate of drug-likeness (QED) is 0.762. The fourth-order valence-electron chi connectivity index (χ4n) is 1.03. The minimum absolute atomic E-state index is 0.181. The topological polar surface area (TPSA) is 26.3 Å². The second kappa shape index (κ2) is 8.04. The number of carbonyl (C=O) groups excluding carboxylic acids is 1. The summed E-state index contributed by atoms with van der Waals surface area (Å²) < 4.78 is 4.99. The number of ether oxygens (including phenoxy) is 1. The lowest BCUT2D eigenvalue weighted by molar-refractivity contribution is -0.116. The van der Waals surface area contributed by atoms with Gasteiger partial charge in [0.25, 0.3) is 0 Å². The Morgan fingerprint density at radius 3 is 2.00 bits per heavy atom. The third kappa shape index (κ3) is 6.72. The van der Waals surface area contributed by atoms with E-state index in [1.807, 2.05) is 24.3 Å². The molecule has 0 fully saturated rings. The molecular weight excluding hydrogens is 188 g/mol. The van der Waals surface area contributed by atoms with Crippen molar-refractivity contribution >= 4 is 5.78 Å². The van der Waals surface area contributed by atoms with Gasteiger partial charge >= 0.3 is 0 Å². The van der Waals surface area contributed by atoms with Crippen LogP contribution in [0.4, 0.5) is 0 Å². The Labute approximate surface area is 92.3 Å². The van der Waals surface area contributed by atoms with Crippen molar-refractivity contribution in [1.29, 1.82) is 0 Å². The van der Waals surface area contributed by atoms with Gasteiger partial charge in [-0.15, -0.1) is 0 Å². The number of Topliss-reactive ketones (excluding diaryl/α,β-unsaturated/α-hetero) is 1. The maximum atomic E-state index is 10.7. The van der Waals surface area contributed by atoms with Crippen molar-refractivity contribution in [2.45, 2.75) is 33.6 Å². The highest BCUT2D eigenvalue weighted by Crippen LogP contribution is 2.11. The van der Waals surface area contributed by atoms with E-state index in [0.717, 1.165) is 11.3 Å². The Hall–Kier alpha value is -1.31. The molecule has 1 aromatic rings. The Morgan fingerprint density at radius 2 is 1.67 bits per heavy atom. The molecule has 0 bridgehead atoms. The summed E-state index contributed by atoms with van der Waals surface area (Å²) in [6.07, 6.45) is 1.75. The second-order valence-corrected chi connectivity index (χ2v) is 3.43. The highest BCUT2D eigenvalue weighted by Gasteiger charge is 1.96. The van der Waals surface area contributed by atoms with Crippen molar-refractivity contribution in [2.24, 2.45) is 0 Å². The van der Waals surface area contributed by atoms with Crippen LogP contribution in [0.3, 0.4) is 0 Å². The van der Waals surface area contributed by atoms with Crippen LogP contribution in [0.2, 0.25) is 0 Å². The summed E-state index contributed by atoms with van der Waals surface area (Å²) in [5, 5.41) is 0. The van der Waals surface area contributed by atoms with E-state index >= 15 is 0 Å². The van der Waals surface area contributed by atoms with E-state index < -0.39 is 0 Å². The molecule has 0 aromatic heterocycles. The molecule has 0 N–H and O–H groups in total. The van der Waals surface area contributed by atoms with E-state index in [4.69, 9.17) is 4.74 Å². The number of carbonyl (C=O) groups is 1. The molecule has 15 heavy (non-hydrogen) atoms. The van der Waals surface area contributed by atoms with Gasteiger partial charge in [-0.05, 0) is 24.6 Å². The van der Waals surface area contributed by atoms with Crippen LogP contribution in [0.5, 0.6) is 5.75 Å². The zero-order valence-electron chi connectivity index (χ0n) is 10.0.